The summed E-state index contributed by atoms with van der Waals surface area (Å²) >= 11 is 5.92. The molecule has 8 heteroatoms. The molecule has 1 aliphatic heterocycles. The second-order valence-corrected chi connectivity index (χ2v) is 10.4. The molecule has 0 aromatic heterocycles. The highest BCUT2D eigenvalue weighted by Crippen LogP contribution is 2.25. The number of halogens is 1. The highest BCUT2D eigenvalue weighted by Gasteiger charge is 2.21. The van der Waals surface area contributed by atoms with Crippen LogP contribution in [0.2, 0.25) is 5.02 Å². The fourth-order valence-corrected chi connectivity index (χ4v) is 4.82. The van der Waals surface area contributed by atoms with Gasteiger partial charge in [0.25, 0.3) is 5.91 Å². The molecule has 0 saturated heterocycles. The lowest BCUT2D eigenvalue weighted by Gasteiger charge is -2.28. The van der Waals surface area contributed by atoms with Crippen LogP contribution in [0.3, 0.4) is 0 Å². The number of carbonyl (C=O) groups is 1. The van der Waals surface area contributed by atoms with Crippen molar-refractivity contribution < 1.29 is 17.9 Å². The number of rotatable bonds is 7. The van der Waals surface area contributed by atoms with Gasteiger partial charge in [-0.15, -0.1) is 0 Å². The van der Waals surface area contributed by atoms with Crippen LogP contribution in [-0.2, 0) is 34.3 Å². The third-order valence-corrected chi connectivity index (χ3v) is 7.00. The predicted molar refractivity (Wildman–Crippen MR) is 130 cm³/mol. The lowest BCUT2D eigenvalue weighted by Crippen LogP contribution is -2.38. The SMILES string of the molecule is CS(=O)(=O)N(Cc1ccc(Cl)cc1)c1ccc(OCC(=O)N2CCc3ccccc3C2)cc1. The van der Waals surface area contributed by atoms with Crippen LogP contribution in [0.1, 0.15) is 16.7 Å². The monoisotopic (exact) mass is 484 g/mol. The van der Waals surface area contributed by atoms with E-state index in [1.807, 2.05) is 18.2 Å². The number of nitrogens with zero attached hydrogens (tertiary/aromatic N) is 2. The molecule has 0 aliphatic carbocycles. The number of carbonyl (C=O) groups excluding carboxylic acids is 1. The van der Waals surface area contributed by atoms with Gasteiger partial charge >= 0.3 is 0 Å². The Morgan fingerprint density at radius 1 is 1.00 bits per heavy atom. The van der Waals surface area contributed by atoms with Crippen molar-refractivity contribution in [3.05, 3.63) is 94.5 Å². The van der Waals surface area contributed by atoms with Crippen molar-refractivity contribution in [1.82, 2.24) is 4.90 Å². The van der Waals surface area contributed by atoms with Crippen molar-refractivity contribution in [2.45, 2.75) is 19.5 Å². The molecule has 1 amide bonds. The maximum Gasteiger partial charge on any atom is 0.260 e. The van der Waals surface area contributed by atoms with E-state index in [-0.39, 0.29) is 19.1 Å². The van der Waals surface area contributed by atoms with Gasteiger partial charge in [0.2, 0.25) is 10.0 Å². The first-order valence-corrected chi connectivity index (χ1v) is 12.8. The molecule has 1 heterocycles. The average molecular weight is 485 g/mol. The summed E-state index contributed by atoms with van der Waals surface area (Å²) in [6.07, 6.45) is 2.01. The minimum atomic E-state index is -3.51. The summed E-state index contributed by atoms with van der Waals surface area (Å²) < 4.78 is 31.8. The number of sulfonamides is 1. The highest BCUT2D eigenvalue weighted by atomic mass is 35.5. The molecule has 4 rings (SSSR count). The zero-order chi connectivity index (χ0) is 23.4. The Kier molecular flexibility index (Phi) is 6.91. The quantitative estimate of drug-likeness (QED) is 0.502. The van der Waals surface area contributed by atoms with Crippen molar-refractivity contribution in [3.8, 4) is 5.75 Å². The van der Waals surface area contributed by atoms with Gasteiger partial charge in [0, 0.05) is 18.1 Å². The van der Waals surface area contributed by atoms with Crippen molar-refractivity contribution in [2.75, 3.05) is 23.7 Å². The fourth-order valence-electron chi connectivity index (χ4n) is 3.81. The fraction of sp³-hybridized carbons (Fsp3) is 0.240. The van der Waals surface area contributed by atoms with Crippen LogP contribution >= 0.6 is 11.6 Å². The van der Waals surface area contributed by atoms with Crippen LogP contribution in [-0.4, -0.2) is 38.6 Å². The smallest absolute Gasteiger partial charge is 0.260 e. The number of hydrogen-bond donors (Lipinski definition) is 0. The predicted octanol–water partition coefficient (Wildman–Crippen LogP) is 4.27. The summed E-state index contributed by atoms with van der Waals surface area (Å²) in [5.41, 5.74) is 3.78. The van der Waals surface area contributed by atoms with Gasteiger partial charge in [0.1, 0.15) is 5.75 Å². The van der Waals surface area contributed by atoms with Crippen LogP contribution in [0.5, 0.6) is 5.75 Å². The van der Waals surface area contributed by atoms with Gasteiger partial charge in [-0.1, -0.05) is 48.0 Å². The molecule has 0 saturated carbocycles. The number of benzene rings is 3. The lowest BCUT2D eigenvalue weighted by molar-refractivity contribution is -0.134. The molecule has 6 nitrogen and oxygen atoms in total. The lowest BCUT2D eigenvalue weighted by atomic mass is 10.00. The molecule has 0 atom stereocenters. The normalized spacial score (nSPS) is 13.3. The third kappa shape index (κ3) is 5.86. The van der Waals surface area contributed by atoms with Crippen LogP contribution in [0.15, 0.2) is 72.8 Å². The van der Waals surface area contributed by atoms with E-state index in [1.165, 1.54) is 21.7 Å². The molecule has 3 aromatic rings. The number of fused-ring (bicyclic) bond motifs is 1. The highest BCUT2D eigenvalue weighted by molar-refractivity contribution is 7.92. The van der Waals surface area contributed by atoms with Crippen LogP contribution in [0, 0.1) is 0 Å². The van der Waals surface area contributed by atoms with Crippen molar-refractivity contribution in [3.63, 3.8) is 0 Å². The standard InChI is InChI=1S/C25H25ClN2O4S/c1-33(30,31)28(16-19-6-8-22(26)9-7-19)23-10-12-24(13-11-23)32-18-25(29)27-15-14-20-4-2-3-5-21(20)17-27/h2-13H,14-18H2,1H3. The molecule has 0 radical (unpaired) electrons. The summed E-state index contributed by atoms with van der Waals surface area (Å²) in [5.74, 6) is 0.429. The maximum atomic E-state index is 12.6. The molecule has 3 aromatic carbocycles. The first-order valence-electron chi connectivity index (χ1n) is 10.6. The van der Waals surface area contributed by atoms with E-state index in [2.05, 4.69) is 6.07 Å². The zero-order valence-corrected chi connectivity index (χ0v) is 19.8. The molecule has 0 N–H and O–H groups in total. The maximum absolute atomic E-state index is 12.6. The van der Waals surface area contributed by atoms with E-state index < -0.39 is 10.0 Å². The Labute approximate surface area is 199 Å². The molecule has 0 fully saturated rings. The molecular weight excluding hydrogens is 460 g/mol. The number of anilines is 1. The van der Waals surface area contributed by atoms with Crippen LogP contribution in [0.25, 0.3) is 0 Å². The Hall–Kier alpha value is -3.03. The zero-order valence-electron chi connectivity index (χ0n) is 18.3. The van der Waals surface area contributed by atoms with Gasteiger partial charge in [-0.2, -0.15) is 0 Å². The van der Waals surface area contributed by atoms with Gasteiger partial charge in [-0.25, -0.2) is 8.42 Å². The summed E-state index contributed by atoms with van der Waals surface area (Å²) in [4.78, 5) is 14.4. The second-order valence-electron chi connectivity index (χ2n) is 8.01. The average Bonchev–Trinajstić information content (AvgIpc) is 2.81. The Balaban J connectivity index is 1.38. The van der Waals surface area contributed by atoms with Gasteiger partial charge < -0.3 is 9.64 Å². The van der Waals surface area contributed by atoms with Crippen LogP contribution in [0.4, 0.5) is 5.69 Å². The van der Waals surface area contributed by atoms with Gasteiger partial charge in [0.05, 0.1) is 18.5 Å². The van der Waals surface area contributed by atoms with Gasteiger partial charge in [-0.05, 0) is 59.5 Å². The Morgan fingerprint density at radius 2 is 1.67 bits per heavy atom. The molecule has 0 bridgehead atoms. The second kappa shape index (κ2) is 9.85. The van der Waals surface area contributed by atoms with E-state index in [0.29, 0.717) is 29.5 Å². The molecule has 0 unspecified atom stereocenters. The molecule has 172 valence electrons. The first-order chi connectivity index (χ1) is 15.8. The molecular formula is C25H25ClN2O4S. The van der Waals surface area contributed by atoms with E-state index in [4.69, 9.17) is 16.3 Å². The molecule has 0 spiro atoms. The summed E-state index contributed by atoms with van der Waals surface area (Å²) in [7, 11) is -3.51. The van der Waals surface area contributed by atoms with Gasteiger partial charge in [-0.3, -0.25) is 9.10 Å². The van der Waals surface area contributed by atoms with E-state index in [9.17, 15) is 13.2 Å². The summed E-state index contributed by atoms with van der Waals surface area (Å²) in [6, 6.07) is 21.9. The molecule has 33 heavy (non-hydrogen) atoms. The van der Waals surface area contributed by atoms with Crippen molar-refractivity contribution in [2.24, 2.45) is 0 Å². The number of amides is 1. The van der Waals surface area contributed by atoms with E-state index in [1.54, 1.807) is 53.4 Å². The van der Waals surface area contributed by atoms with Gasteiger partial charge in [0.15, 0.2) is 6.61 Å². The minimum absolute atomic E-state index is 0.0674. The number of hydrogen-bond acceptors (Lipinski definition) is 4. The summed E-state index contributed by atoms with van der Waals surface area (Å²) in [5, 5.41) is 0.592. The van der Waals surface area contributed by atoms with E-state index >= 15 is 0 Å². The molecule has 1 aliphatic rings. The largest absolute Gasteiger partial charge is 0.484 e. The minimum Gasteiger partial charge on any atom is -0.484 e. The Bertz CT molecular complexity index is 1230. The number of ether oxygens (including phenoxy) is 1. The first kappa shape index (κ1) is 23.1. The van der Waals surface area contributed by atoms with Crippen LogP contribution < -0.4 is 9.04 Å². The summed E-state index contributed by atoms with van der Waals surface area (Å²) in [6.45, 7) is 1.38. The van der Waals surface area contributed by atoms with Crippen molar-refractivity contribution in [1.29, 1.82) is 0 Å². The topological polar surface area (TPSA) is 66.9 Å². The third-order valence-electron chi connectivity index (χ3n) is 5.61. The van der Waals surface area contributed by atoms with Crippen molar-refractivity contribution >= 4 is 33.2 Å². The Morgan fingerprint density at radius 3 is 2.33 bits per heavy atom. The van der Waals surface area contributed by atoms with E-state index in [0.717, 1.165) is 12.0 Å².